The first-order valence-corrected chi connectivity index (χ1v) is 5.25. The molecule has 1 nitrogen and oxygen atoms in total. The van der Waals surface area contributed by atoms with Gasteiger partial charge < -0.3 is 0 Å². The van der Waals surface area contributed by atoms with Crippen molar-refractivity contribution < 1.29 is 4.79 Å². The molecule has 0 fully saturated rings. The van der Waals surface area contributed by atoms with E-state index >= 15 is 0 Å². The zero-order chi connectivity index (χ0) is 10.7. The van der Waals surface area contributed by atoms with Gasteiger partial charge in [-0.1, -0.05) is 42.5 Å². The molecular formula is C14H14O. The van der Waals surface area contributed by atoms with Crippen LogP contribution in [0.2, 0.25) is 0 Å². The van der Waals surface area contributed by atoms with E-state index < -0.39 is 0 Å². The second-order valence-corrected chi connectivity index (χ2v) is 3.77. The highest BCUT2D eigenvalue weighted by Gasteiger charge is 2.13. The minimum absolute atomic E-state index is 0.263. The molecule has 0 atom stereocenters. The summed E-state index contributed by atoms with van der Waals surface area (Å²) in [6.45, 7) is 2.01. The van der Waals surface area contributed by atoms with Crippen LogP contribution in [0.5, 0.6) is 0 Å². The van der Waals surface area contributed by atoms with Crippen molar-refractivity contribution in [2.24, 2.45) is 0 Å². The Kier molecular flexibility index (Phi) is 2.82. The Labute approximate surface area is 90.1 Å². The Bertz CT molecular complexity index is 424. The maximum Gasteiger partial charge on any atom is 0.163 e. The van der Waals surface area contributed by atoms with E-state index in [1.54, 1.807) is 0 Å². The van der Waals surface area contributed by atoms with E-state index in [2.05, 4.69) is 6.08 Å². The van der Waals surface area contributed by atoms with Crippen LogP contribution in [0.25, 0.3) is 5.57 Å². The molecule has 0 amide bonds. The van der Waals surface area contributed by atoms with Gasteiger partial charge in [0.05, 0.1) is 0 Å². The highest BCUT2D eigenvalue weighted by molar-refractivity contribution is 6.05. The second-order valence-electron chi connectivity index (χ2n) is 3.77. The summed E-state index contributed by atoms with van der Waals surface area (Å²) in [7, 11) is 0. The fraction of sp³-hybridized carbons (Fsp3) is 0.214. The Hall–Kier alpha value is -1.63. The molecule has 2 rings (SSSR count). The quantitative estimate of drug-likeness (QED) is 0.632. The van der Waals surface area contributed by atoms with Crippen molar-refractivity contribution >= 4 is 11.4 Å². The van der Waals surface area contributed by atoms with Crippen molar-refractivity contribution in [3.8, 4) is 0 Å². The van der Waals surface area contributed by atoms with Crippen LogP contribution < -0.4 is 0 Å². The topological polar surface area (TPSA) is 17.1 Å². The van der Waals surface area contributed by atoms with Crippen molar-refractivity contribution in [2.45, 2.75) is 19.8 Å². The van der Waals surface area contributed by atoms with Crippen LogP contribution in [0.1, 0.15) is 25.3 Å². The third kappa shape index (κ3) is 2.07. The summed E-state index contributed by atoms with van der Waals surface area (Å²) in [5.74, 6) is 0.263. The molecule has 0 radical (unpaired) electrons. The van der Waals surface area contributed by atoms with Crippen molar-refractivity contribution in [3.05, 3.63) is 53.6 Å². The lowest BCUT2D eigenvalue weighted by Gasteiger charge is -2.11. The van der Waals surface area contributed by atoms with Crippen LogP contribution >= 0.6 is 0 Å². The molecule has 1 aliphatic rings. The molecular weight excluding hydrogens is 184 g/mol. The van der Waals surface area contributed by atoms with Crippen LogP contribution in [0.15, 0.2) is 48.1 Å². The van der Waals surface area contributed by atoms with Gasteiger partial charge in [-0.15, -0.1) is 0 Å². The zero-order valence-corrected chi connectivity index (χ0v) is 8.86. The summed E-state index contributed by atoms with van der Waals surface area (Å²) in [5.41, 5.74) is 3.08. The third-order valence-corrected chi connectivity index (χ3v) is 2.73. The Morgan fingerprint density at radius 2 is 1.93 bits per heavy atom. The maximum absolute atomic E-state index is 11.7. The molecule has 0 N–H and O–H groups in total. The molecule has 76 valence electrons. The lowest BCUT2D eigenvalue weighted by molar-refractivity contribution is -0.115. The van der Waals surface area contributed by atoms with Crippen molar-refractivity contribution in [1.82, 2.24) is 0 Å². The van der Waals surface area contributed by atoms with Gasteiger partial charge in [0.15, 0.2) is 5.78 Å². The molecule has 1 heteroatoms. The molecule has 15 heavy (non-hydrogen) atoms. The van der Waals surface area contributed by atoms with Crippen LogP contribution in [-0.2, 0) is 4.79 Å². The lowest BCUT2D eigenvalue weighted by atomic mass is 9.93. The van der Waals surface area contributed by atoms with Crippen molar-refractivity contribution in [3.63, 3.8) is 0 Å². The van der Waals surface area contributed by atoms with Crippen LogP contribution in [0.3, 0.4) is 0 Å². The fourth-order valence-corrected chi connectivity index (χ4v) is 1.82. The summed E-state index contributed by atoms with van der Waals surface area (Å²) >= 11 is 0. The number of carbonyl (C=O) groups is 1. The molecule has 0 aromatic heterocycles. The summed E-state index contributed by atoms with van der Waals surface area (Å²) in [6.07, 6.45) is 5.55. The van der Waals surface area contributed by atoms with E-state index in [-0.39, 0.29) is 5.78 Å². The predicted octanol–water partition coefficient (Wildman–Crippen LogP) is 3.38. The van der Waals surface area contributed by atoms with Gasteiger partial charge in [0.2, 0.25) is 0 Å². The molecule has 1 aromatic carbocycles. The lowest BCUT2D eigenvalue weighted by Crippen LogP contribution is -2.05. The van der Waals surface area contributed by atoms with E-state index in [1.807, 2.05) is 43.3 Å². The minimum atomic E-state index is 0.263. The normalized spacial score (nSPS) is 19.1. The highest BCUT2D eigenvalue weighted by Crippen LogP contribution is 2.23. The van der Waals surface area contributed by atoms with Crippen LogP contribution in [0, 0.1) is 0 Å². The maximum atomic E-state index is 11.7. The van der Waals surface area contributed by atoms with E-state index in [0.717, 1.165) is 23.1 Å². The van der Waals surface area contributed by atoms with E-state index in [9.17, 15) is 4.79 Å². The zero-order valence-electron chi connectivity index (χ0n) is 8.86. The molecule has 1 aliphatic carbocycles. The fourth-order valence-electron chi connectivity index (χ4n) is 1.82. The highest BCUT2D eigenvalue weighted by atomic mass is 16.1. The van der Waals surface area contributed by atoms with Gasteiger partial charge in [0.1, 0.15) is 0 Å². The third-order valence-electron chi connectivity index (χ3n) is 2.73. The summed E-state index contributed by atoms with van der Waals surface area (Å²) in [5, 5.41) is 0. The molecule has 0 spiro atoms. The largest absolute Gasteiger partial charge is 0.294 e. The molecule has 0 aliphatic heterocycles. The summed E-state index contributed by atoms with van der Waals surface area (Å²) in [6, 6.07) is 10.1. The Balaban J connectivity index is 2.44. The minimum Gasteiger partial charge on any atom is -0.294 e. The molecule has 0 saturated heterocycles. The van der Waals surface area contributed by atoms with E-state index in [0.29, 0.717) is 6.42 Å². The first kappa shape index (κ1) is 9.91. The molecule has 0 heterocycles. The van der Waals surface area contributed by atoms with Gasteiger partial charge in [0.25, 0.3) is 0 Å². The number of carbonyl (C=O) groups excluding carboxylic acids is 1. The number of Topliss-reactive ketones (excluding diaryl/α,β-unsaturated/α-hetero) is 1. The molecule has 0 unspecified atom stereocenters. The molecule has 1 aromatic rings. The number of rotatable bonds is 1. The average molecular weight is 198 g/mol. The number of allylic oxidation sites excluding steroid dienone is 4. The predicted molar refractivity (Wildman–Crippen MR) is 62.4 cm³/mol. The van der Waals surface area contributed by atoms with Gasteiger partial charge in [-0.05, 0) is 24.5 Å². The van der Waals surface area contributed by atoms with Crippen LogP contribution in [-0.4, -0.2) is 5.78 Å². The van der Waals surface area contributed by atoms with Crippen LogP contribution in [0.4, 0.5) is 0 Å². The Morgan fingerprint density at radius 1 is 1.20 bits per heavy atom. The summed E-state index contributed by atoms with van der Waals surface area (Å²) in [4.78, 5) is 11.7. The molecule has 0 saturated carbocycles. The van der Waals surface area contributed by atoms with E-state index in [1.165, 1.54) is 0 Å². The number of benzene rings is 1. The van der Waals surface area contributed by atoms with Crippen molar-refractivity contribution in [2.75, 3.05) is 0 Å². The van der Waals surface area contributed by atoms with Gasteiger partial charge in [-0.25, -0.2) is 0 Å². The van der Waals surface area contributed by atoms with Gasteiger partial charge in [-0.2, -0.15) is 0 Å². The smallest absolute Gasteiger partial charge is 0.163 e. The number of hydrogen-bond acceptors (Lipinski definition) is 1. The second kappa shape index (κ2) is 4.26. The molecule has 0 bridgehead atoms. The first-order valence-electron chi connectivity index (χ1n) is 5.25. The Morgan fingerprint density at radius 3 is 2.60 bits per heavy atom. The number of ketones is 1. The summed E-state index contributed by atoms with van der Waals surface area (Å²) < 4.78 is 0. The van der Waals surface area contributed by atoms with Gasteiger partial charge in [-0.3, -0.25) is 4.79 Å². The average Bonchev–Trinajstić information content (AvgIpc) is 2.30. The van der Waals surface area contributed by atoms with Gasteiger partial charge >= 0.3 is 0 Å². The monoisotopic (exact) mass is 198 g/mol. The standard InChI is InChI=1S/C14H14O/c1-11(12-7-3-2-4-8-12)13-9-5-6-10-14(13)15/h2-5,7-9H,6,10H2,1H3/b13-11+. The number of hydrogen-bond donors (Lipinski definition) is 0. The van der Waals surface area contributed by atoms with E-state index in [4.69, 9.17) is 0 Å². The van der Waals surface area contributed by atoms with Crippen molar-refractivity contribution in [1.29, 1.82) is 0 Å². The van der Waals surface area contributed by atoms with Gasteiger partial charge in [0, 0.05) is 12.0 Å². The SMILES string of the molecule is C/C(=C1/C=CCCC1=O)c1ccccc1. The first-order chi connectivity index (χ1) is 7.29.